The van der Waals surface area contributed by atoms with Gasteiger partial charge in [-0.05, 0) is 38.5 Å². The highest BCUT2D eigenvalue weighted by molar-refractivity contribution is 5.67. The molecule has 21 heavy (non-hydrogen) atoms. The van der Waals surface area contributed by atoms with E-state index in [2.05, 4.69) is 11.4 Å². The predicted octanol–water partition coefficient (Wildman–Crippen LogP) is 2.86. The van der Waals surface area contributed by atoms with E-state index in [1.807, 2.05) is 39.0 Å². The van der Waals surface area contributed by atoms with E-state index in [0.717, 1.165) is 24.5 Å². The lowest BCUT2D eigenvalue weighted by atomic mass is 10.1. The summed E-state index contributed by atoms with van der Waals surface area (Å²) in [6.07, 6.45) is -0.312. The second kappa shape index (κ2) is 6.35. The van der Waals surface area contributed by atoms with Gasteiger partial charge in [-0.15, -0.1) is 0 Å². The fourth-order valence-corrected chi connectivity index (χ4v) is 1.99. The molecule has 1 fully saturated rings. The molecule has 2 rings (SSSR count). The van der Waals surface area contributed by atoms with Crippen molar-refractivity contribution in [2.45, 2.75) is 39.0 Å². The molecule has 5 heteroatoms. The van der Waals surface area contributed by atoms with Crippen molar-refractivity contribution in [2.75, 3.05) is 25.6 Å². The van der Waals surface area contributed by atoms with Crippen LogP contribution < -0.4 is 5.32 Å². The highest BCUT2D eigenvalue weighted by Gasteiger charge is 2.20. The maximum Gasteiger partial charge on any atom is 0.410 e. The number of carbonyl (C=O) groups excluding carboxylic acids is 1. The third-order valence-electron chi connectivity index (χ3n) is 3.06. The molecule has 116 valence electrons. The number of carbonyl (C=O) groups is 1. The first-order chi connectivity index (χ1) is 9.83. The van der Waals surface area contributed by atoms with Gasteiger partial charge in [0, 0.05) is 19.3 Å². The monoisotopic (exact) mass is 292 g/mol. The quantitative estimate of drug-likeness (QED) is 0.927. The molecule has 1 aromatic rings. The number of hydrogen-bond acceptors (Lipinski definition) is 4. The van der Waals surface area contributed by atoms with Crippen LogP contribution in [0.25, 0.3) is 0 Å². The maximum absolute atomic E-state index is 12.0. The molecule has 1 aliphatic rings. The van der Waals surface area contributed by atoms with Gasteiger partial charge >= 0.3 is 6.09 Å². The van der Waals surface area contributed by atoms with Crippen molar-refractivity contribution in [2.24, 2.45) is 0 Å². The Labute approximate surface area is 126 Å². The van der Waals surface area contributed by atoms with Crippen molar-refractivity contribution in [1.82, 2.24) is 4.90 Å². The second-order valence-corrected chi connectivity index (χ2v) is 6.42. The number of benzene rings is 1. The third-order valence-corrected chi connectivity index (χ3v) is 3.06. The van der Waals surface area contributed by atoms with Crippen molar-refractivity contribution in [3.8, 4) is 0 Å². The van der Waals surface area contributed by atoms with Crippen molar-refractivity contribution in [3.05, 3.63) is 29.8 Å². The van der Waals surface area contributed by atoms with Crippen LogP contribution in [-0.4, -0.2) is 42.9 Å². The van der Waals surface area contributed by atoms with E-state index in [1.54, 1.807) is 11.9 Å². The second-order valence-electron chi connectivity index (χ2n) is 6.42. The van der Waals surface area contributed by atoms with E-state index >= 15 is 0 Å². The van der Waals surface area contributed by atoms with Crippen LogP contribution in [0.3, 0.4) is 0 Å². The number of anilines is 1. The molecule has 1 aliphatic heterocycles. The van der Waals surface area contributed by atoms with Crippen LogP contribution in [0.2, 0.25) is 0 Å². The molecule has 1 heterocycles. The Balaban J connectivity index is 1.92. The SMILES string of the molecule is CN(Cc1cccc(NC2COC2)c1)C(=O)OC(C)(C)C. The van der Waals surface area contributed by atoms with Gasteiger partial charge in [-0.2, -0.15) is 0 Å². The van der Waals surface area contributed by atoms with Gasteiger partial charge in [-0.25, -0.2) is 4.79 Å². The van der Waals surface area contributed by atoms with Gasteiger partial charge in [0.1, 0.15) is 5.60 Å². The summed E-state index contributed by atoms with van der Waals surface area (Å²) < 4.78 is 10.5. The van der Waals surface area contributed by atoms with Crippen molar-refractivity contribution < 1.29 is 14.3 Å². The molecule has 1 N–H and O–H groups in total. The smallest absolute Gasteiger partial charge is 0.410 e. The van der Waals surface area contributed by atoms with Gasteiger partial charge in [-0.3, -0.25) is 0 Å². The van der Waals surface area contributed by atoms with E-state index in [9.17, 15) is 4.79 Å². The van der Waals surface area contributed by atoms with E-state index in [0.29, 0.717) is 12.6 Å². The van der Waals surface area contributed by atoms with Crippen LogP contribution in [-0.2, 0) is 16.0 Å². The number of nitrogens with one attached hydrogen (secondary N) is 1. The molecule has 0 radical (unpaired) electrons. The molecule has 1 aromatic carbocycles. The summed E-state index contributed by atoms with van der Waals surface area (Å²) in [5.41, 5.74) is 1.64. The average molecular weight is 292 g/mol. The molecular weight excluding hydrogens is 268 g/mol. The van der Waals surface area contributed by atoms with Crippen molar-refractivity contribution in [1.29, 1.82) is 0 Å². The summed E-state index contributed by atoms with van der Waals surface area (Å²) in [6, 6.07) is 8.46. The van der Waals surface area contributed by atoms with E-state index < -0.39 is 5.60 Å². The molecule has 0 bridgehead atoms. The summed E-state index contributed by atoms with van der Waals surface area (Å²) in [4.78, 5) is 13.5. The zero-order valence-electron chi connectivity index (χ0n) is 13.2. The number of ether oxygens (including phenoxy) is 2. The lowest BCUT2D eigenvalue weighted by Crippen LogP contribution is -2.40. The predicted molar refractivity (Wildman–Crippen MR) is 82.4 cm³/mol. The molecule has 0 spiro atoms. The fourth-order valence-electron chi connectivity index (χ4n) is 1.99. The van der Waals surface area contributed by atoms with Crippen molar-refractivity contribution >= 4 is 11.8 Å². The van der Waals surface area contributed by atoms with Gasteiger partial charge in [0.15, 0.2) is 0 Å². The van der Waals surface area contributed by atoms with E-state index in [4.69, 9.17) is 9.47 Å². The van der Waals surface area contributed by atoms with Crippen LogP contribution in [0, 0.1) is 0 Å². The number of hydrogen-bond donors (Lipinski definition) is 1. The van der Waals surface area contributed by atoms with Crippen LogP contribution in [0.5, 0.6) is 0 Å². The zero-order chi connectivity index (χ0) is 15.5. The van der Waals surface area contributed by atoms with Crippen LogP contribution >= 0.6 is 0 Å². The van der Waals surface area contributed by atoms with E-state index in [1.165, 1.54) is 0 Å². The van der Waals surface area contributed by atoms with Crippen LogP contribution in [0.4, 0.5) is 10.5 Å². The topological polar surface area (TPSA) is 50.8 Å². The summed E-state index contributed by atoms with van der Waals surface area (Å²) in [5, 5.41) is 3.40. The molecule has 0 unspecified atom stereocenters. The standard InChI is InChI=1S/C16H24N2O3/c1-16(2,3)21-15(19)18(4)9-12-6-5-7-13(8-12)17-14-10-20-11-14/h5-8,14,17H,9-11H2,1-4H3. The van der Waals surface area contributed by atoms with Gasteiger partial charge in [0.05, 0.1) is 19.3 Å². The Kier molecular flexibility index (Phi) is 4.73. The molecule has 5 nitrogen and oxygen atoms in total. The molecule has 1 saturated heterocycles. The first-order valence-electron chi connectivity index (χ1n) is 7.21. The first kappa shape index (κ1) is 15.6. The fraction of sp³-hybridized carbons (Fsp3) is 0.562. The van der Waals surface area contributed by atoms with E-state index in [-0.39, 0.29) is 6.09 Å². The lowest BCUT2D eigenvalue weighted by Gasteiger charge is -2.28. The summed E-state index contributed by atoms with van der Waals surface area (Å²) in [5.74, 6) is 0. The largest absolute Gasteiger partial charge is 0.444 e. The molecule has 0 atom stereocenters. The van der Waals surface area contributed by atoms with Crippen LogP contribution in [0.15, 0.2) is 24.3 Å². The van der Waals surface area contributed by atoms with Gasteiger partial charge < -0.3 is 19.7 Å². The normalized spacial score (nSPS) is 15.2. The Morgan fingerprint density at radius 1 is 1.43 bits per heavy atom. The summed E-state index contributed by atoms with van der Waals surface area (Å²) in [7, 11) is 1.74. The summed E-state index contributed by atoms with van der Waals surface area (Å²) in [6.45, 7) is 7.62. The Morgan fingerprint density at radius 3 is 2.71 bits per heavy atom. The molecule has 0 saturated carbocycles. The Hall–Kier alpha value is -1.75. The molecule has 0 aromatic heterocycles. The lowest BCUT2D eigenvalue weighted by molar-refractivity contribution is 0.0211. The van der Waals surface area contributed by atoms with Gasteiger partial charge in [0.25, 0.3) is 0 Å². The minimum Gasteiger partial charge on any atom is -0.444 e. The minimum atomic E-state index is -0.473. The number of nitrogens with zero attached hydrogens (tertiary/aromatic N) is 1. The van der Waals surface area contributed by atoms with Gasteiger partial charge in [-0.1, -0.05) is 12.1 Å². The molecular formula is C16H24N2O3. The van der Waals surface area contributed by atoms with Crippen LogP contribution in [0.1, 0.15) is 26.3 Å². The maximum atomic E-state index is 12.0. The number of amides is 1. The molecule has 0 aliphatic carbocycles. The zero-order valence-corrected chi connectivity index (χ0v) is 13.2. The minimum absolute atomic E-state index is 0.312. The first-order valence-corrected chi connectivity index (χ1v) is 7.21. The molecule has 1 amide bonds. The van der Waals surface area contributed by atoms with Gasteiger partial charge in [0.2, 0.25) is 0 Å². The Bertz CT molecular complexity index is 493. The highest BCUT2D eigenvalue weighted by atomic mass is 16.6. The third kappa shape index (κ3) is 4.93. The number of rotatable bonds is 4. The Morgan fingerprint density at radius 2 is 2.14 bits per heavy atom. The average Bonchev–Trinajstić information content (AvgIpc) is 2.32. The highest BCUT2D eigenvalue weighted by Crippen LogP contribution is 2.17. The summed E-state index contributed by atoms with van der Waals surface area (Å²) >= 11 is 0. The van der Waals surface area contributed by atoms with Crippen molar-refractivity contribution in [3.63, 3.8) is 0 Å².